The van der Waals surface area contributed by atoms with Gasteiger partial charge in [-0.15, -0.1) is 0 Å². The third-order valence-corrected chi connectivity index (χ3v) is 1.31. The fourth-order valence-corrected chi connectivity index (χ4v) is 0.787. The minimum Gasteiger partial charge on any atom is -0.252 e. The van der Waals surface area contributed by atoms with Gasteiger partial charge in [0.05, 0.1) is 6.20 Å². The highest BCUT2D eigenvalue weighted by Gasteiger charge is 1.83. The SMILES string of the molecule is CCn1ncncc1=S. The molecular formula is C5H7N3S. The van der Waals surface area contributed by atoms with Gasteiger partial charge in [-0.25, -0.2) is 4.98 Å². The quantitative estimate of drug-likeness (QED) is 0.547. The number of aryl methyl sites for hydroxylation is 1. The summed E-state index contributed by atoms with van der Waals surface area (Å²) in [5.74, 6) is 0. The summed E-state index contributed by atoms with van der Waals surface area (Å²) in [5, 5.41) is 3.90. The van der Waals surface area contributed by atoms with Crippen LogP contribution in [0, 0.1) is 4.64 Å². The molecule has 0 aliphatic heterocycles. The molecule has 0 N–H and O–H groups in total. The second-order valence-electron chi connectivity index (χ2n) is 1.56. The van der Waals surface area contributed by atoms with E-state index in [0.29, 0.717) is 4.64 Å². The van der Waals surface area contributed by atoms with E-state index in [1.807, 2.05) is 6.92 Å². The van der Waals surface area contributed by atoms with Crippen molar-refractivity contribution in [2.45, 2.75) is 13.5 Å². The summed E-state index contributed by atoms with van der Waals surface area (Å²) in [5.41, 5.74) is 0. The number of nitrogens with zero attached hydrogens (tertiary/aromatic N) is 3. The molecule has 0 saturated heterocycles. The Bertz CT molecular complexity index is 242. The Labute approximate surface area is 58.4 Å². The molecule has 0 saturated carbocycles. The smallest absolute Gasteiger partial charge is 0.140 e. The van der Waals surface area contributed by atoms with Crippen molar-refractivity contribution in [2.24, 2.45) is 0 Å². The molecule has 0 aliphatic rings. The molecule has 1 aromatic heterocycles. The van der Waals surface area contributed by atoms with Crippen LogP contribution in [0.3, 0.4) is 0 Å². The van der Waals surface area contributed by atoms with E-state index in [2.05, 4.69) is 10.1 Å². The van der Waals surface area contributed by atoms with Gasteiger partial charge in [0.25, 0.3) is 0 Å². The van der Waals surface area contributed by atoms with Crippen LogP contribution in [0.25, 0.3) is 0 Å². The monoisotopic (exact) mass is 141 g/mol. The lowest BCUT2D eigenvalue weighted by Gasteiger charge is -1.96. The molecule has 48 valence electrons. The average molecular weight is 141 g/mol. The Hall–Kier alpha value is -0.770. The van der Waals surface area contributed by atoms with Gasteiger partial charge in [0.15, 0.2) is 0 Å². The van der Waals surface area contributed by atoms with Gasteiger partial charge < -0.3 is 0 Å². The molecule has 4 heteroatoms. The third kappa shape index (κ3) is 1.32. The van der Waals surface area contributed by atoms with Crippen LogP contribution in [0.1, 0.15) is 6.92 Å². The molecule has 1 heterocycles. The summed E-state index contributed by atoms with van der Waals surface area (Å²) >= 11 is 4.89. The van der Waals surface area contributed by atoms with Crippen molar-refractivity contribution in [3.63, 3.8) is 0 Å². The highest BCUT2D eigenvalue weighted by atomic mass is 32.1. The van der Waals surface area contributed by atoms with Gasteiger partial charge in [-0.05, 0) is 6.92 Å². The first-order valence-electron chi connectivity index (χ1n) is 2.71. The number of rotatable bonds is 1. The summed E-state index contributed by atoms with van der Waals surface area (Å²) in [4.78, 5) is 3.76. The van der Waals surface area contributed by atoms with Crippen molar-refractivity contribution in [1.29, 1.82) is 0 Å². The first kappa shape index (κ1) is 6.35. The van der Waals surface area contributed by atoms with Gasteiger partial charge in [-0.1, -0.05) is 12.2 Å². The average Bonchev–Trinajstić information content (AvgIpc) is 1.89. The maximum Gasteiger partial charge on any atom is 0.140 e. The van der Waals surface area contributed by atoms with E-state index >= 15 is 0 Å². The van der Waals surface area contributed by atoms with Crippen molar-refractivity contribution in [3.05, 3.63) is 17.2 Å². The Balaban J connectivity index is 3.16. The van der Waals surface area contributed by atoms with Crippen LogP contribution in [-0.2, 0) is 6.54 Å². The molecule has 1 rings (SSSR count). The van der Waals surface area contributed by atoms with Crippen molar-refractivity contribution in [2.75, 3.05) is 0 Å². The minimum atomic E-state index is 0.681. The van der Waals surface area contributed by atoms with Crippen LogP contribution < -0.4 is 0 Å². The van der Waals surface area contributed by atoms with Gasteiger partial charge in [0, 0.05) is 6.54 Å². The predicted molar refractivity (Wildman–Crippen MR) is 36.5 cm³/mol. The van der Waals surface area contributed by atoms with E-state index in [1.54, 1.807) is 10.9 Å². The van der Waals surface area contributed by atoms with Gasteiger partial charge in [0.2, 0.25) is 0 Å². The zero-order chi connectivity index (χ0) is 6.69. The fraction of sp³-hybridized carbons (Fsp3) is 0.400. The molecule has 9 heavy (non-hydrogen) atoms. The molecule has 1 aromatic rings. The molecule has 0 unspecified atom stereocenters. The molecule has 0 radical (unpaired) electrons. The topological polar surface area (TPSA) is 30.7 Å². The molecule has 0 fully saturated rings. The first-order chi connectivity index (χ1) is 4.34. The largest absolute Gasteiger partial charge is 0.252 e. The number of hydrogen-bond donors (Lipinski definition) is 0. The van der Waals surface area contributed by atoms with E-state index in [9.17, 15) is 0 Å². The molecule has 3 nitrogen and oxygen atoms in total. The standard InChI is InChI=1S/C5H7N3S/c1-2-8-5(9)3-6-4-7-8/h3-4H,2H2,1H3. The summed E-state index contributed by atoms with van der Waals surface area (Å²) in [6, 6.07) is 0. The lowest BCUT2D eigenvalue weighted by molar-refractivity contribution is 0.618. The van der Waals surface area contributed by atoms with Crippen molar-refractivity contribution in [1.82, 2.24) is 14.8 Å². The maximum atomic E-state index is 4.89. The van der Waals surface area contributed by atoms with Crippen LogP contribution in [0.5, 0.6) is 0 Å². The highest BCUT2D eigenvalue weighted by Crippen LogP contribution is 1.83. The zero-order valence-corrected chi connectivity index (χ0v) is 5.93. The van der Waals surface area contributed by atoms with E-state index in [-0.39, 0.29) is 0 Å². The second kappa shape index (κ2) is 2.68. The first-order valence-corrected chi connectivity index (χ1v) is 3.12. The number of aromatic nitrogens is 3. The highest BCUT2D eigenvalue weighted by molar-refractivity contribution is 7.71. The zero-order valence-electron chi connectivity index (χ0n) is 5.11. The predicted octanol–water partition coefficient (Wildman–Crippen LogP) is 1.03. The molecule has 0 atom stereocenters. The molecule has 0 spiro atoms. The molecule has 0 aliphatic carbocycles. The van der Waals surface area contributed by atoms with E-state index < -0.39 is 0 Å². The maximum absolute atomic E-state index is 4.89. The fourth-order valence-electron chi connectivity index (χ4n) is 0.550. The van der Waals surface area contributed by atoms with Crippen molar-refractivity contribution < 1.29 is 0 Å². The third-order valence-electron chi connectivity index (χ3n) is 0.997. The van der Waals surface area contributed by atoms with Crippen molar-refractivity contribution >= 4 is 12.2 Å². The summed E-state index contributed by atoms with van der Waals surface area (Å²) in [6.07, 6.45) is 3.10. The van der Waals surface area contributed by atoms with Crippen LogP contribution in [-0.4, -0.2) is 14.8 Å². The normalized spacial score (nSPS) is 9.44. The van der Waals surface area contributed by atoms with Crippen LogP contribution in [0.4, 0.5) is 0 Å². The summed E-state index contributed by atoms with van der Waals surface area (Å²) in [6.45, 7) is 2.80. The molecule has 0 amide bonds. The lowest BCUT2D eigenvalue weighted by atomic mass is 10.7. The van der Waals surface area contributed by atoms with Crippen LogP contribution in [0.15, 0.2) is 12.5 Å². The second-order valence-corrected chi connectivity index (χ2v) is 1.98. The van der Waals surface area contributed by atoms with Crippen LogP contribution >= 0.6 is 12.2 Å². The van der Waals surface area contributed by atoms with Gasteiger partial charge in [-0.2, -0.15) is 5.10 Å². The van der Waals surface area contributed by atoms with E-state index in [4.69, 9.17) is 12.2 Å². The molecule has 0 aromatic carbocycles. The van der Waals surface area contributed by atoms with E-state index in [1.165, 1.54) is 6.33 Å². The molecular weight excluding hydrogens is 134 g/mol. The van der Waals surface area contributed by atoms with Gasteiger partial charge in [0.1, 0.15) is 11.0 Å². The Kier molecular flexibility index (Phi) is 1.89. The Morgan fingerprint density at radius 2 is 2.56 bits per heavy atom. The minimum absolute atomic E-state index is 0.681. The summed E-state index contributed by atoms with van der Waals surface area (Å²) < 4.78 is 2.39. The Morgan fingerprint density at radius 1 is 1.78 bits per heavy atom. The molecule has 0 bridgehead atoms. The van der Waals surface area contributed by atoms with Crippen LogP contribution in [0.2, 0.25) is 0 Å². The lowest BCUT2D eigenvalue weighted by Crippen LogP contribution is -2.01. The van der Waals surface area contributed by atoms with E-state index in [0.717, 1.165) is 6.54 Å². The van der Waals surface area contributed by atoms with Gasteiger partial charge >= 0.3 is 0 Å². The van der Waals surface area contributed by atoms with Gasteiger partial charge in [-0.3, -0.25) is 4.68 Å². The van der Waals surface area contributed by atoms with Crippen molar-refractivity contribution in [3.8, 4) is 0 Å². The summed E-state index contributed by atoms with van der Waals surface area (Å²) in [7, 11) is 0. The number of hydrogen-bond acceptors (Lipinski definition) is 3. The Morgan fingerprint density at radius 3 is 3.00 bits per heavy atom.